The maximum Gasteiger partial charge on any atom is 0.306 e. The molecule has 104 valence electrons. The molecule has 3 N–H and O–H groups in total. The van der Waals surface area contributed by atoms with Gasteiger partial charge in [-0.3, -0.25) is 10.2 Å². The normalized spacial score (nSPS) is 15.9. The van der Waals surface area contributed by atoms with Gasteiger partial charge in [-0.05, 0) is 18.3 Å². The summed E-state index contributed by atoms with van der Waals surface area (Å²) in [5.41, 5.74) is 2.19. The SMILES string of the molecule is COC(=O)CC1(CSc2nc(NN)ncc2F)CC1. The number of carbonyl (C=O) groups is 1. The van der Waals surface area contributed by atoms with Gasteiger partial charge in [-0.2, -0.15) is 0 Å². The molecule has 2 rings (SSSR count). The van der Waals surface area contributed by atoms with Crippen LogP contribution in [0.1, 0.15) is 19.3 Å². The fourth-order valence-electron chi connectivity index (χ4n) is 1.67. The summed E-state index contributed by atoms with van der Waals surface area (Å²) in [5.74, 6) is 5.25. The van der Waals surface area contributed by atoms with E-state index in [-0.39, 0.29) is 22.4 Å². The monoisotopic (exact) mass is 286 g/mol. The van der Waals surface area contributed by atoms with Crippen LogP contribution in [0.2, 0.25) is 0 Å². The summed E-state index contributed by atoms with van der Waals surface area (Å²) >= 11 is 1.27. The number of anilines is 1. The minimum absolute atomic E-state index is 0.0779. The highest BCUT2D eigenvalue weighted by atomic mass is 32.2. The van der Waals surface area contributed by atoms with Crippen molar-refractivity contribution in [1.82, 2.24) is 9.97 Å². The van der Waals surface area contributed by atoms with Gasteiger partial charge in [0.15, 0.2) is 5.82 Å². The van der Waals surface area contributed by atoms with E-state index in [1.807, 2.05) is 0 Å². The Hall–Kier alpha value is -1.41. The van der Waals surface area contributed by atoms with Crippen molar-refractivity contribution < 1.29 is 13.9 Å². The Morgan fingerprint density at radius 1 is 1.68 bits per heavy atom. The van der Waals surface area contributed by atoms with Gasteiger partial charge in [0, 0.05) is 5.75 Å². The number of aromatic nitrogens is 2. The number of hydrogen-bond acceptors (Lipinski definition) is 7. The van der Waals surface area contributed by atoms with E-state index in [2.05, 4.69) is 20.1 Å². The highest BCUT2D eigenvalue weighted by Gasteiger charge is 2.44. The third kappa shape index (κ3) is 3.54. The van der Waals surface area contributed by atoms with Crippen molar-refractivity contribution in [2.75, 3.05) is 18.3 Å². The predicted octanol–water partition coefficient (Wildman–Crippen LogP) is 1.34. The van der Waals surface area contributed by atoms with Crippen molar-refractivity contribution in [3.8, 4) is 0 Å². The molecule has 0 aromatic carbocycles. The molecule has 19 heavy (non-hydrogen) atoms. The topological polar surface area (TPSA) is 90.1 Å². The van der Waals surface area contributed by atoms with Crippen LogP contribution in [0.5, 0.6) is 0 Å². The number of rotatable bonds is 6. The minimum Gasteiger partial charge on any atom is -0.469 e. The number of hydrazine groups is 1. The Morgan fingerprint density at radius 3 is 3.00 bits per heavy atom. The lowest BCUT2D eigenvalue weighted by Gasteiger charge is -2.13. The van der Waals surface area contributed by atoms with Gasteiger partial charge in [0.1, 0.15) is 5.03 Å². The Bertz CT molecular complexity index is 482. The van der Waals surface area contributed by atoms with Gasteiger partial charge in [0.05, 0.1) is 19.7 Å². The summed E-state index contributed by atoms with van der Waals surface area (Å²) in [4.78, 5) is 18.9. The second kappa shape index (κ2) is 5.70. The molecule has 0 amide bonds. The van der Waals surface area contributed by atoms with Crippen LogP contribution < -0.4 is 11.3 Å². The number of nitrogens with one attached hydrogen (secondary N) is 1. The molecular formula is C11H15FN4O2S. The standard InChI is InChI=1S/C11H15FN4O2S/c1-18-8(17)4-11(2-3-11)6-19-9-7(12)5-14-10(15-9)16-13/h5H,2-4,6,13H2,1H3,(H,14,15,16). The van der Waals surface area contributed by atoms with Crippen molar-refractivity contribution in [1.29, 1.82) is 0 Å². The molecule has 0 bridgehead atoms. The molecule has 1 aliphatic rings. The van der Waals surface area contributed by atoms with Gasteiger partial charge in [-0.25, -0.2) is 20.2 Å². The average molecular weight is 286 g/mol. The lowest BCUT2D eigenvalue weighted by atomic mass is 10.1. The van der Waals surface area contributed by atoms with E-state index in [0.29, 0.717) is 12.2 Å². The first-order chi connectivity index (χ1) is 9.08. The molecule has 1 aromatic heterocycles. The van der Waals surface area contributed by atoms with Crippen molar-refractivity contribution in [2.45, 2.75) is 24.3 Å². The Labute approximate surface area is 114 Å². The van der Waals surface area contributed by atoms with Crippen LogP contribution in [0.15, 0.2) is 11.2 Å². The smallest absolute Gasteiger partial charge is 0.306 e. The first-order valence-corrected chi connectivity index (χ1v) is 6.76. The van der Waals surface area contributed by atoms with E-state index in [4.69, 9.17) is 5.84 Å². The zero-order chi connectivity index (χ0) is 13.9. The summed E-state index contributed by atoms with van der Waals surface area (Å²) in [6, 6.07) is 0. The molecular weight excluding hydrogens is 271 g/mol. The van der Waals surface area contributed by atoms with Crippen LogP contribution in [0, 0.1) is 11.2 Å². The summed E-state index contributed by atoms with van der Waals surface area (Å²) in [7, 11) is 1.37. The minimum atomic E-state index is -0.488. The van der Waals surface area contributed by atoms with Gasteiger partial charge in [0.2, 0.25) is 5.95 Å². The Balaban J connectivity index is 1.97. The van der Waals surface area contributed by atoms with Crippen molar-refractivity contribution in [3.63, 3.8) is 0 Å². The second-order valence-electron chi connectivity index (χ2n) is 4.53. The lowest BCUT2D eigenvalue weighted by Crippen LogP contribution is -2.14. The van der Waals surface area contributed by atoms with E-state index in [0.717, 1.165) is 19.0 Å². The van der Waals surface area contributed by atoms with Crippen LogP contribution >= 0.6 is 11.8 Å². The lowest BCUT2D eigenvalue weighted by molar-refractivity contribution is -0.141. The number of methoxy groups -OCH3 is 1. The van der Waals surface area contributed by atoms with Crippen molar-refractivity contribution in [3.05, 3.63) is 12.0 Å². The zero-order valence-corrected chi connectivity index (χ0v) is 11.3. The average Bonchev–Trinajstić information content (AvgIpc) is 3.18. The number of nitrogens with two attached hydrogens (primary N) is 1. The molecule has 1 aliphatic carbocycles. The van der Waals surface area contributed by atoms with Crippen LogP contribution in [0.25, 0.3) is 0 Å². The highest BCUT2D eigenvalue weighted by molar-refractivity contribution is 7.99. The third-order valence-corrected chi connectivity index (χ3v) is 4.38. The summed E-state index contributed by atoms with van der Waals surface area (Å²) in [6.07, 6.45) is 3.34. The molecule has 0 spiro atoms. The molecule has 1 fully saturated rings. The molecule has 6 nitrogen and oxygen atoms in total. The third-order valence-electron chi connectivity index (χ3n) is 3.06. The largest absolute Gasteiger partial charge is 0.469 e. The predicted molar refractivity (Wildman–Crippen MR) is 68.8 cm³/mol. The molecule has 1 saturated carbocycles. The Kier molecular flexibility index (Phi) is 4.20. The van der Waals surface area contributed by atoms with Crippen molar-refractivity contribution in [2.24, 2.45) is 11.3 Å². The highest BCUT2D eigenvalue weighted by Crippen LogP contribution is 2.52. The first-order valence-electron chi connectivity index (χ1n) is 5.77. The molecule has 0 radical (unpaired) electrons. The molecule has 8 heteroatoms. The number of ether oxygens (including phenoxy) is 1. The van der Waals surface area contributed by atoms with Gasteiger partial charge < -0.3 is 4.74 Å². The van der Waals surface area contributed by atoms with Gasteiger partial charge in [-0.1, -0.05) is 0 Å². The number of hydrogen-bond donors (Lipinski definition) is 2. The van der Waals surface area contributed by atoms with E-state index >= 15 is 0 Å². The van der Waals surface area contributed by atoms with Gasteiger partial charge >= 0.3 is 5.97 Å². The van der Waals surface area contributed by atoms with E-state index in [1.54, 1.807) is 0 Å². The number of esters is 1. The summed E-state index contributed by atoms with van der Waals surface area (Å²) in [6.45, 7) is 0. The number of halogens is 1. The molecule has 1 aromatic rings. The second-order valence-corrected chi connectivity index (χ2v) is 5.50. The number of carbonyl (C=O) groups excluding carboxylic acids is 1. The number of thioether (sulfide) groups is 1. The van der Waals surface area contributed by atoms with E-state index in [1.165, 1.54) is 18.9 Å². The van der Waals surface area contributed by atoms with Gasteiger partial charge in [-0.15, -0.1) is 11.8 Å². The van der Waals surface area contributed by atoms with Crippen LogP contribution in [0.3, 0.4) is 0 Å². The van der Waals surface area contributed by atoms with Crippen LogP contribution in [-0.4, -0.2) is 28.8 Å². The number of nitrogen functional groups attached to an aromatic ring is 1. The maximum atomic E-state index is 13.5. The molecule has 1 heterocycles. The Morgan fingerprint density at radius 2 is 2.42 bits per heavy atom. The van der Waals surface area contributed by atoms with E-state index < -0.39 is 5.82 Å². The van der Waals surface area contributed by atoms with Crippen molar-refractivity contribution >= 4 is 23.7 Å². The quantitative estimate of drug-likeness (QED) is 0.268. The fourth-order valence-corrected chi connectivity index (χ4v) is 2.85. The maximum absolute atomic E-state index is 13.5. The van der Waals surface area contributed by atoms with Crippen LogP contribution in [0.4, 0.5) is 10.3 Å². The molecule has 0 saturated heterocycles. The van der Waals surface area contributed by atoms with Crippen LogP contribution in [-0.2, 0) is 9.53 Å². The number of nitrogens with zero attached hydrogens (tertiary/aromatic N) is 2. The zero-order valence-electron chi connectivity index (χ0n) is 10.5. The summed E-state index contributed by atoms with van der Waals surface area (Å²) < 4.78 is 18.2. The molecule has 0 aliphatic heterocycles. The summed E-state index contributed by atoms with van der Waals surface area (Å²) in [5, 5.41) is 0.235. The molecule has 0 unspecified atom stereocenters. The molecule has 0 atom stereocenters. The van der Waals surface area contributed by atoms with E-state index in [9.17, 15) is 9.18 Å². The fraction of sp³-hybridized carbons (Fsp3) is 0.545. The first kappa shape index (κ1) is 14.0. The van der Waals surface area contributed by atoms with Gasteiger partial charge in [0.25, 0.3) is 0 Å².